The van der Waals surface area contributed by atoms with Gasteiger partial charge in [0.25, 0.3) is 0 Å². The molecule has 0 amide bonds. The molecule has 0 fully saturated rings. The maximum Gasteiger partial charge on any atom is 0.206 e. The zero-order chi connectivity index (χ0) is 12.4. The summed E-state index contributed by atoms with van der Waals surface area (Å²) >= 11 is 3.14. The highest BCUT2D eigenvalue weighted by atomic mass is 32.1. The lowest BCUT2D eigenvalue weighted by Gasteiger charge is -2.05. The van der Waals surface area contributed by atoms with E-state index >= 15 is 0 Å². The molecule has 2 heterocycles. The van der Waals surface area contributed by atoms with Crippen LogP contribution in [0.25, 0.3) is 10.7 Å². The van der Waals surface area contributed by atoms with E-state index < -0.39 is 0 Å². The molecule has 0 saturated heterocycles. The van der Waals surface area contributed by atoms with Crippen molar-refractivity contribution in [2.75, 3.05) is 24.3 Å². The van der Waals surface area contributed by atoms with Gasteiger partial charge in [-0.1, -0.05) is 11.3 Å². The van der Waals surface area contributed by atoms with Crippen LogP contribution >= 0.6 is 22.7 Å². The fraction of sp³-hybridized carbons (Fsp3) is 0.500. The molecule has 1 N–H and O–H groups in total. The average molecular weight is 269 g/mol. The minimum Gasteiger partial charge on any atom is -0.358 e. The number of nitrogens with one attached hydrogen (secondary N) is 1. The highest BCUT2D eigenvalue weighted by Gasteiger charge is 2.11. The fourth-order valence-corrected chi connectivity index (χ4v) is 2.87. The molecule has 2 aromatic heterocycles. The standard InChI is InChI=1S/C10H15N5S2/c1-6(2)11-9-14-13-8(17-9)7-5-16-10(12-7)15(3)4/h5-6H,1-4H3,(H,11,14). The van der Waals surface area contributed by atoms with Crippen molar-refractivity contribution in [1.29, 1.82) is 0 Å². The quantitative estimate of drug-likeness (QED) is 0.924. The Kier molecular flexibility index (Phi) is 3.58. The molecule has 0 spiro atoms. The smallest absolute Gasteiger partial charge is 0.206 e. The van der Waals surface area contributed by atoms with Gasteiger partial charge in [0, 0.05) is 25.5 Å². The van der Waals surface area contributed by atoms with Crippen molar-refractivity contribution < 1.29 is 0 Å². The molecule has 0 unspecified atom stereocenters. The summed E-state index contributed by atoms with van der Waals surface area (Å²) in [5.41, 5.74) is 0.896. The SMILES string of the molecule is CC(C)Nc1nnc(-c2csc(N(C)C)n2)s1. The average Bonchev–Trinajstić information content (AvgIpc) is 2.83. The number of hydrogen-bond acceptors (Lipinski definition) is 7. The molecule has 0 aliphatic heterocycles. The summed E-state index contributed by atoms with van der Waals surface area (Å²) in [6.45, 7) is 4.15. The lowest BCUT2D eigenvalue weighted by atomic mass is 10.4. The summed E-state index contributed by atoms with van der Waals surface area (Å²) < 4.78 is 0. The van der Waals surface area contributed by atoms with E-state index in [1.807, 2.05) is 24.4 Å². The molecule has 17 heavy (non-hydrogen) atoms. The van der Waals surface area contributed by atoms with Crippen LogP contribution in [0.15, 0.2) is 5.38 Å². The molecular weight excluding hydrogens is 254 g/mol. The molecular formula is C10H15N5S2. The number of anilines is 2. The molecule has 2 rings (SSSR count). The topological polar surface area (TPSA) is 53.9 Å². The van der Waals surface area contributed by atoms with Crippen LogP contribution in [0.1, 0.15) is 13.8 Å². The Morgan fingerprint density at radius 3 is 2.65 bits per heavy atom. The van der Waals surface area contributed by atoms with Gasteiger partial charge in [0.1, 0.15) is 5.69 Å². The van der Waals surface area contributed by atoms with Crippen LogP contribution in [-0.2, 0) is 0 Å². The molecule has 0 bridgehead atoms. The Labute approximate surface area is 109 Å². The van der Waals surface area contributed by atoms with Gasteiger partial charge in [0.2, 0.25) is 5.13 Å². The first-order valence-corrected chi connectivity index (χ1v) is 6.99. The van der Waals surface area contributed by atoms with Crippen LogP contribution in [0.5, 0.6) is 0 Å². The van der Waals surface area contributed by atoms with E-state index in [0.717, 1.165) is 21.0 Å². The Morgan fingerprint density at radius 2 is 2.06 bits per heavy atom. The molecule has 5 nitrogen and oxygen atoms in total. The number of thiazole rings is 1. The van der Waals surface area contributed by atoms with Crippen molar-refractivity contribution in [2.45, 2.75) is 19.9 Å². The Bertz CT molecular complexity index is 488. The summed E-state index contributed by atoms with van der Waals surface area (Å²) in [6, 6.07) is 0.364. The predicted molar refractivity (Wildman–Crippen MR) is 74.1 cm³/mol. The fourth-order valence-electron chi connectivity index (χ4n) is 1.20. The lowest BCUT2D eigenvalue weighted by molar-refractivity contribution is 0.888. The van der Waals surface area contributed by atoms with Crippen LogP contribution in [0.4, 0.5) is 10.3 Å². The molecule has 7 heteroatoms. The summed E-state index contributed by atoms with van der Waals surface area (Å²) in [4.78, 5) is 6.49. The van der Waals surface area contributed by atoms with Gasteiger partial charge in [-0.3, -0.25) is 0 Å². The van der Waals surface area contributed by atoms with Crippen LogP contribution in [0.3, 0.4) is 0 Å². The molecule has 0 radical (unpaired) electrons. The third-order valence-corrected chi connectivity index (χ3v) is 3.82. The number of aromatic nitrogens is 3. The number of nitrogens with zero attached hydrogens (tertiary/aromatic N) is 4. The molecule has 0 aromatic carbocycles. The summed E-state index contributed by atoms with van der Waals surface area (Å²) in [5.74, 6) is 0. The van der Waals surface area contributed by atoms with Crippen LogP contribution in [-0.4, -0.2) is 35.3 Å². The second-order valence-corrected chi connectivity index (χ2v) is 5.94. The Morgan fingerprint density at radius 1 is 1.29 bits per heavy atom. The van der Waals surface area contributed by atoms with E-state index in [4.69, 9.17) is 0 Å². The first-order valence-electron chi connectivity index (χ1n) is 5.29. The molecule has 92 valence electrons. The van der Waals surface area contributed by atoms with Gasteiger partial charge in [-0.05, 0) is 13.8 Å². The highest BCUT2D eigenvalue weighted by molar-refractivity contribution is 7.19. The Hall–Kier alpha value is -1.21. The maximum atomic E-state index is 4.50. The number of hydrogen-bond donors (Lipinski definition) is 1. The van der Waals surface area contributed by atoms with Gasteiger partial charge in [-0.25, -0.2) is 4.98 Å². The third kappa shape index (κ3) is 2.92. The van der Waals surface area contributed by atoms with Crippen LogP contribution in [0, 0.1) is 0 Å². The van der Waals surface area contributed by atoms with E-state index in [1.54, 1.807) is 11.3 Å². The first kappa shape index (κ1) is 12.3. The molecule has 0 saturated carbocycles. The van der Waals surface area contributed by atoms with E-state index in [1.165, 1.54) is 11.3 Å². The monoisotopic (exact) mass is 269 g/mol. The maximum absolute atomic E-state index is 4.50. The van der Waals surface area contributed by atoms with Crippen molar-refractivity contribution in [2.24, 2.45) is 0 Å². The van der Waals surface area contributed by atoms with Gasteiger partial charge in [0.15, 0.2) is 10.1 Å². The van der Waals surface area contributed by atoms with Crippen molar-refractivity contribution >= 4 is 32.9 Å². The molecule has 0 aliphatic carbocycles. The van der Waals surface area contributed by atoms with Gasteiger partial charge in [-0.15, -0.1) is 21.5 Å². The van der Waals surface area contributed by atoms with Crippen LogP contribution < -0.4 is 10.2 Å². The zero-order valence-corrected chi connectivity index (χ0v) is 11.9. The normalized spacial score (nSPS) is 10.9. The van der Waals surface area contributed by atoms with E-state index in [2.05, 4.69) is 34.3 Å². The minimum absolute atomic E-state index is 0.364. The van der Waals surface area contributed by atoms with Gasteiger partial charge in [-0.2, -0.15) is 0 Å². The minimum atomic E-state index is 0.364. The van der Waals surface area contributed by atoms with Crippen molar-refractivity contribution in [3.63, 3.8) is 0 Å². The van der Waals surface area contributed by atoms with E-state index in [0.29, 0.717) is 6.04 Å². The second kappa shape index (κ2) is 4.97. The largest absolute Gasteiger partial charge is 0.358 e. The van der Waals surface area contributed by atoms with Crippen molar-refractivity contribution in [1.82, 2.24) is 15.2 Å². The molecule has 2 aromatic rings. The van der Waals surface area contributed by atoms with Gasteiger partial charge in [0.05, 0.1) is 0 Å². The van der Waals surface area contributed by atoms with Crippen LogP contribution in [0.2, 0.25) is 0 Å². The Balaban J connectivity index is 2.18. The first-order chi connectivity index (χ1) is 8.06. The zero-order valence-electron chi connectivity index (χ0n) is 10.3. The molecule has 0 atom stereocenters. The van der Waals surface area contributed by atoms with E-state index in [-0.39, 0.29) is 0 Å². The summed E-state index contributed by atoms with van der Waals surface area (Å²) in [5, 5.41) is 16.2. The lowest BCUT2D eigenvalue weighted by Crippen LogP contribution is -2.08. The summed E-state index contributed by atoms with van der Waals surface area (Å²) in [6.07, 6.45) is 0. The predicted octanol–water partition coefficient (Wildman–Crippen LogP) is 2.55. The summed E-state index contributed by atoms with van der Waals surface area (Å²) in [7, 11) is 3.96. The van der Waals surface area contributed by atoms with Crippen molar-refractivity contribution in [3.05, 3.63) is 5.38 Å². The van der Waals surface area contributed by atoms with E-state index in [9.17, 15) is 0 Å². The number of rotatable bonds is 4. The second-order valence-electron chi connectivity index (χ2n) is 4.12. The molecule has 0 aliphatic rings. The third-order valence-electron chi connectivity index (χ3n) is 1.93. The van der Waals surface area contributed by atoms with Gasteiger partial charge >= 0.3 is 0 Å². The van der Waals surface area contributed by atoms with Gasteiger partial charge < -0.3 is 10.2 Å². The van der Waals surface area contributed by atoms with Crippen molar-refractivity contribution in [3.8, 4) is 10.7 Å². The highest BCUT2D eigenvalue weighted by Crippen LogP contribution is 2.30.